The largest absolute Gasteiger partial charge is 0.497 e. The van der Waals surface area contributed by atoms with Crippen LogP contribution in [0.3, 0.4) is 0 Å². The van der Waals surface area contributed by atoms with Gasteiger partial charge in [-0.25, -0.2) is 4.98 Å². The average molecular weight is 257 g/mol. The fourth-order valence-electron chi connectivity index (χ4n) is 1.66. The van der Waals surface area contributed by atoms with Crippen LogP contribution in [-0.4, -0.2) is 22.3 Å². The summed E-state index contributed by atoms with van der Waals surface area (Å²) in [5.74, 6) is 2.02. The molecule has 0 amide bonds. The van der Waals surface area contributed by atoms with Crippen LogP contribution < -0.4 is 4.74 Å². The number of aryl methyl sites for hydroxylation is 1. The molecular weight excluding hydrogens is 246 g/mol. The van der Waals surface area contributed by atoms with E-state index in [0.717, 1.165) is 11.3 Å². The van der Waals surface area contributed by atoms with Gasteiger partial charge in [0.2, 0.25) is 5.89 Å². The molecule has 96 valence electrons. The third kappa shape index (κ3) is 2.20. The molecule has 1 aromatic carbocycles. The quantitative estimate of drug-likeness (QED) is 0.718. The fourth-order valence-corrected chi connectivity index (χ4v) is 1.66. The number of methoxy groups -OCH3 is 1. The molecule has 0 aliphatic heterocycles. The fraction of sp³-hybridized carbons (Fsp3) is 0.154. The number of aromatic nitrogens is 3. The Morgan fingerprint density at radius 2 is 2.00 bits per heavy atom. The molecule has 0 aliphatic carbocycles. The lowest BCUT2D eigenvalue weighted by Crippen LogP contribution is -1.83. The molecule has 0 saturated carbocycles. The van der Waals surface area contributed by atoms with E-state index < -0.39 is 0 Å². The molecule has 3 aromatic rings. The summed E-state index contributed by atoms with van der Waals surface area (Å²) in [5.41, 5.74) is 1.32. The first-order valence-electron chi connectivity index (χ1n) is 5.66. The molecule has 0 fully saturated rings. The van der Waals surface area contributed by atoms with E-state index in [4.69, 9.17) is 13.6 Å². The summed E-state index contributed by atoms with van der Waals surface area (Å²) in [6, 6.07) is 7.40. The van der Waals surface area contributed by atoms with E-state index in [2.05, 4.69) is 15.2 Å². The lowest BCUT2D eigenvalue weighted by atomic mass is 10.2. The van der Waals surface area contributed by atoms with Crippen molar-refractivity contribution in [1.82, 2.24) is 15.2 Å². The molecule has 0 saturated heterocycles. The highest BCUT2D eigenvalue weighted by Crippen LogP contribution is 2.25. The molecule has 0 bridgehead atoms. The first kappa shape index (κ1) is 11.5. The summed E-state index contributed by atoms with van der Waals surface area (Å²) >= 11 is 0. The van der Waals surface area contributed by atoms with Gasteiger partial charge < -0.3 is 13.6 Å². The lowest BCUT2D eigenvalue weighted by molar-refractivity contribution is 0.415. The van der Waals surface area contributed by atoms with Crippen LogP contribution in [0.15, 0.2) is 39.4 Å². The summed E-state index contributed by atoms with van der Waals surface area (Å²) in [5, 5.41) is 7.95. The second kappa shape index (κ2) is 4.56. The highest BCUT2D eigenvalue weighted by atomic mass is 16.5. The highest BCUT2D eigenvalue weighted by Gasteiger charge is 2.13. The van der Waals surface area contributed by atoms with Gasteiger partial charge in [-0.3, -0.25) is 0 Å². The number of ether oxygens (including phenoxy) is 1. The Morgan fingerprint density at radius 1 is 1.16 bits per heavy atom. The van der Waals surface area contributed by atoms with E-state index in [1.165, 1.54) is 6.26 Å². The molecule has 2 aromatic heterocycles. The summed E-state index contributed by atoms with van der Waals surface area (Å²) in [7, 11) is 1.61. The molecule has 0 atom stereocenters. The van der Waals surface area contributed by atoms with E-state index >= 15 is 0 Å². The summed E-state index contributed by atoms with van der Waals surface area (Å²) in [6.07, 6.45) is 1.48. The second-order valence-electron chi connectivity index (χ2n) is 3.90. The van der Waals surface area contributed by atoms with Crippen LogP contribution in [-0.2, 0) is 0 Å². The molecule has 6 nitrogen and oxygen atoms in total. The van der Waals surface area contributed by atoms with E-state index in [1.54, 1.807) is 14.0 Å². The first-order chi connectivity index (χ1) is 9.26. The van der Waals surface area contributed by atoms with Gasteiger partial charge in [-0.15, -0.1) is 10.2 Å². The zero-order chi connectivity index (χ0) is 13.2. The van der Waals surface area contributed by atoms with Gasteiger partial charge in [0.1, 0.15) is 12.0 Å². The van der Waals surface area contributed by atoms with Gasteiger partial charge in [0.25, 0.3) is 5.89 Å². The maximum Gasteiger partial charge on any atom is 0.269 e. The number of benzene rings is 1. The third-order valence-corrected chi connectivity index (χ3v) is 2.58. The number of hydrogen-bond donors (Lipinski definition) is 0. The number of oxazole rings is 1. The van der Waals surface area contributed by atoms with Gasteiger partial charge in [0.05, 0.1) is 7.11 Å². The molecule has 0 N–H and O–H groups in total. The van der Waals surface area contributed by atoms with Gasteiger partial charge in [-0.05, 0) is 18.2 Å². The summed E-state index contributed by atoms with van der Waals surface area (Å²) in [6.45, 7) is 1.75. The van der Waals surface area contributed by atoms with Crippen molar-refractivity contribution in [2.75, 3.05) is 7.11 Å². The van der Waals surface area contributed by atoms with Gasteiger partial charge >= 0.3 is 0 Å². The molecule has 0 spiro atoms. The topological polar surface area (TPSA) is 74.2 Å². The Labute approximate surface area is 109 Å². The predicted octanol–water partition coefficient (Wildman–Crippen LogP) is 2.71. The van der Waals surface area contributed by atoms with Gasteiger partial charge in [-0.2, -0.15) is 0 Å². The summed E-state index contributed by atoms with van der Waals surface area (Å²) in [4.78, 5) is 4.13. The zero-order valence-corrected chi connectivity index (χ0v) is 10.5. The van der Waals surface area contributed by atoms with Crippen LogP contribution >= 0.6 is 0 Å². The standard InChI is InChI=1S/C13H11N3O3/c1-8-14-11(7-18-8)13-16-15-12(19-13)9-4-3-5-10(6-9)17-2/h3-7H,1-2H3. The Balaban J connectivity index is 1.96. The average Bonchev–Trinajstić information content (AvgIpc) is 3.07. The van der Waals surface area contributed by atoms with Crippen LogP contribution in [0.4, 0.5) is 0 Å². The molecule has 2 heterocycles. The summed E-state index contributed by atoms with van der Waals surface area (Å²) < 4.78 is 15.8. The number of hydrogen-bond acceptors (Lipinski definition) is 6. The molecule has 6 heteroatoms. The lowest BCUT2D eigenvalue weighted by Gasteiger charge is -1.99. The van der Waals surface area contributed by atoms with E-state index in [9.17, 15) is 0 Å². The Bertz CT molecular complexity index is 702. The molecule has 0 radical (unpaired) electrons. The van der Waals surface area contributed by atoms with E-state index in [1.807, 2.05) is 24.3 Å². The van der Waals surface area contributed by atoms with Crippen molar-refractivity contribution in [2.24, 2.45) is 0 Å². The van der Waals surface area contributed by atoms with Crippen LogP contribution in [0, 0.1) is 6.92 Å². The second-order valence-corrected chi connectivity index (χ2v) is 3.90. The Morgan fingerprint density at radius 3 is 2.74 bits per heavy atom. The molecular formula is C13H11N3O3. The van der Waals surface area contributed by atoms with Crippen molar-refractivity contribution in [3.05, 3.63) is 36.4 Å². The van der Waals surface area contributed by atoms with Crippen molar-refractivity contribution in [3.8, 4) is 28.8 Å². The maximum atomic E-state index is 5.57. The molecule has 0 unspecified atom stereocenters. The van der Waals surface area contributed by atoms with Crippen LogP contribution in [0.5, 0.6) is 5.75 Å². The minimum Gasteiger partial charge on any atom is -0.497 e. The van der Waals surface area contributed by atoms with Crippen molar-refractivity contribution >= 4 is 0 Å². The first-order valence-corrected chi connectivity index (χ1v) is 5.66. The van der Waals surface area contributed by atoms with Crippen LogP contribution in [0.25, 0.3) is 23.0 Å². The minimum atomic E-state index is 0.328. The normalized spacial score (nSPS) is 10.6. The van der Waals surface area contributed by atoms with Gasteiger partial charge in [-0.1, -0.05) is 6.07 Å². The van der Waals surface area contributed by atoms with Crippen molar-refractivity contribution < 1.29 is 13.6 Å². The molecule has 0 aliphatic rings. The van der Waals surface area contributed by atoms with Crippen LogP contribution in [0.1, 0.15) is 5.89 Å². The Hall–Kier alpha value is -2.63. The van der Waals surface area contributed by atoms with Crippen LogP contribution in [0.2, 0.25) is 0 Å². The molecule has 3 rings (SSSR count). The van der Waals surface area contributed by atoms with Crippen molar-refractivity contribution in [1.29, 1.82) is 0 Å². The molecule has 19 heavy (non-hydrogen) atoms. The highest BCUT2D eigenvalue weighted by molar-refractivity contribution is 5.57. The minimum absolute atomic E-state index is 0.328. The van der Waals surface area contributed by atoms with Gasteiger partial charge in [0, 0.05) is 12.5 Å². The van der Waals surface area contributed by atoms with Crippen molar-refractivity contribution in [2.45, 2.75) is 6.92 Å². The monoisotopic (exact) mass is 257 g/mol. The Kier molecular flexibility index (Phi) is 2.75. The van der Waals surface area contributed by atoms with E-state index in [-0.39, 0.29) is 0 Å². The van der Waals surface area contributed by atoms with E-state index in [0.29, 0.717) is 23.4 Å². The predicted molar refractivity (Wildman–Crippen MR) is 66.5 cm³/mol. The number of nitrogens with zero attached hydrogens (tertiary/aromatic N) is 3. The SMILES string of the molecule is COc1cccc(-c2nnc(-c3coc(C)n3)o2)c1. The smallest absolute Gasteiger partial charge is 0.269 e. The number of rotatable bonds is 3. The van der Waals surface area contributed by atoms with Crippen molar-refractivity contribution in [3.63, 3.8) is 0 Å². The zero-order valence-electron chi connectivity index (χ0n) is 10.5. The third-order valence-electron chi connectivity index (χ3n) is 2.58. The van der Waals surface area contributed by atoms with Gasteiger partial charge in [0.15, 0.2) is 11.6 Å². The maximum absolute atomic E-state index is 5.57.